The van der Waals surface area contributed by atoms with Crippen LogP contribution < -0.4 is 0 Å². The van der Waals surface area contributed by atoms with E-state index >= 15 is 0 Å². The van der Waals surface area contributed by atoms with Gasteiger partial charge < -0.3 is 0 Å². The van der Waals surface area contributed by atoms with Gasteiger partial charge in [0.1, 0.15) is 5.84 Å². The Bertz CT molecular complexity index is 916. The Morgan fingerprint density at radius 3 is 2.20 bits per heavy atom. The number of ketones is 1. The number of allylic oxidation sites excluding steroid dienone is 4. The molecule has 0 amide bonds. The number of sulfonamides is 1. The molecule has 0 saturated carbocycles. The van der Waals surface area contributed by atoms with E-state index < -0.39 is 10.0 Å². The topological polar surface area (TPSA) is 75.9 Å². The highest BCUT2D eigenvalue weighted by Gasteiger charge is 2.19. The van der Waals surface area contributed by atoms with Crippen molar-refractivity contribution in [2.24, 2.45) is 15.3 Å². The number of rotatable bonds is 3. The molecule has 0 aliphatic heterocycles. The Kier molecular flexibility index (Phi) is 5.52. The van der Waals surface area contributed by atoms with E-state index in [9.17, 15) is 13.2 Å². The summed E-state index contributed by atoms with van der Waals surface area (Å²) in [6.07, 6.45) is 3.23. The lowest BCUT2D eigenvalue weighted by Crippen LogP contribution is -2.16. The zero-order valence-electron chi connectivity index (χ0n) is 15.1. The van der Waals surface area contributed by atoms with E-state index in [4.69, 9.17) is 0 Å². The number of hydrogen-bond donors (Lipinski definition) is 0. The van der Waals surface area contributed by atoms with Crippen molar-refractivity contribution in [3.63, 3.8) is 0 Å². The highest BCUT2D eigenvalue weighted by molar-refractivity contribution is 7.90. The van der Waals surface area contributed by atoms with Gasteiger partial charge in [0.05, 0.1) is 10.6 Å². The summed E-state index contributed by atoms with van der Waals surface area (Å²) in [6.45, 7) is 9.05. The molecule has 6 heteroatoms. The number of benzene rings is 1. The second-order valence-corrected chi connectivity index (χ2v) is 7.97. The molecule has 0 atom stereocenters. The summed E-state index contributed by atoms with van der Waals surface area (Å²) in [5.74, 6) is 0.154. The SMILES string of the molecule is CC1=CC(=O)C(C(C)C)=CC1=NC(C)=NS(=O)(=O)c1ccc(C)cc1. The molecule has 0 unspecified atom stereocenters. The zero-order valence-corrected chi connectivity index (χ0v) is 15.9. The van der Waals surface area contributed by atoms with E-state index in [-0.39, 0.29) is 22.4 Å². The third-order valence-corrected chi connectivity index (χ3v) is 5.18. The quantitative estimate of drug-likeness (QED) is 0.470. The Balaban J connectivity index is 2.39. The molecule has 0 heterocycles. The highest BCUT2D eigenvalue weighted by atomic mass is 32.2. The van der Waals surface area contributed by atoms with Gasteiger partial charge in [0, 0.05) is 5.57 Å². The number of carbonyl (C=O) groups is 1. The molecular weight excluding hydrogens is 336 g/mol. The van der Waals surface area contributed by atoms with Gasteiger partial charge >= 0.3 is 0 Å². The van der Waals surface area contributed by atoms with E-state index in [1.54, 1.807) is 25.1 Å². The second kappa shape index (κ2) is 7.27. The second-order valence-electron chi connectivity index (χ2n) is 6.37. The molecule has 0 bridgehead atoms. The average Bonchev–Trinajstić information content (AvgIpc) is 2.49. The third-order valence-electron chi connectivity index (χ3n) is 3.80. The molecule has 25 heavy (non-hydrogen) atoms. The van der Waals surface area contributed by atoms with E-state index in [1.165, 1.54) is 25.1 Å². The Morgan fingerprint density at radius 2 is 1.64 bits per heavy atom. The summed E-state index contributed by atoms with van der Waals surface area (Å²) in [7, 11) is -3.81. The first-order valence-electron chi connectivity index (χ1n) is 8.01. The largest absolute Gasteiger partial charge is 0.290 e. The summed E-state index contributed by atoms with van der Waals surface area (Å²) in [6, 6.07) is 6.49. The minimum atomic E-state index is -3.81. The first kappa shape index (κ1) is 19.0. The van der Waals surface area contributed by atoms with Crippen LogP contribution in [-0.2, 0) is 14.8 Å². The van der Waals surface area contributed by atoms with Crippen molar-refractivity contribution in [2.75, 3.05) is 0 Å². The van der Waals surface area contributed by atoms with Gasteiger partial charge in [-0.15, -0.1) is 4.40 Å². The van der Waals surface area contributed by atoms with Gasteiger partial charge in [-0.3, -0.25) is 4.79 Å². The van der Waals surface area contributed by atoms with Crippen LogP contribution in [0, 0.1) is 12.8 Å². The number of nitrogens with zero attached hydrogens (tertiary/aromatic N) is 2. The molecule has 0 radical (unpaired) electrons. The van der Waals surface area contributed by atoms with Crippen LogP contribution in [0.15, 0.2) is 61.8 Å². The average molecular weight is 358 g/mol. The van der Waals surface area contributed by atoms with Crippen molar-refractivity contribution in [1.82, 2.24) is 0 Å². The molecule has 0 N–H and O–H groups in total. The Morgan fingerprint density at radius 1 is 1.04 bits per heavy atom. The predicted octanol–water partition coefficient (Wildman–Crippen LogP) is 3.65. The van der Waals surface area contributed by atoms with Crippen LogP contribution in [-0.4, -0.2) is 25.7 Å². The van der Waals surface area contributed by atoms with Gasteiger partial charge in [-0.05, 0) is 56.5 Å². The van der Waals surface area contributed by atoms with E-state index in [2.05, 4.69) is 9.39 Å². The first-order valence-corrected chi connectivity index (χ1v) is 9.45. The van der Waals surface area contributed by atoms with Crippen LogP contribution in [0.4, 0.5) is 0 Å². The van der Waals surface area contributed by atoms with Crippen molar-refractivity contribution in [1.29, 1.82) is 0 Å². The lowest BCUT2D eigenvalue weighted by atomic mass is 9.90. The summed E-state index contributed by atoms with van der Waals surface area (Å²) in [5.41, 5.74) is 2.87. The van der Waals surface area contributed by atoms with Gasteiger partial charge in [-0.1, -0.05) is 31.5 Å². The molecule has 1 aromatic carbocycles. The molecule has 1 aliphatic carbocycles. The molecule has 5 nitrogen and oxygen atoms in total. The van der Waals surface area contributed by atoms with Gasteiger partial charge in [-0.2, -0.15) is 8.42 Å². The van der Waals surface area contributed by atoms with E-state index in [0.29, 0.717) is 16.9 Å². The number of aryl methyl sites for hydroxylation is 1. The van der Waals surface area contributed by atoms with Gasteiger partial charge in [0.2, 0.25) is 0 Å². The van der Waals surface area contributed by atoms with Crippen LogP contribution in [0.25, 0.3) is 0 Å². The van der Waals surface area contributed by atoms with Gasteiger partial charge in [-0.25, -0.2) is 4.99 Å². The maximum atomic E-state index is 12.4. The molecule has 2 rings (SSSR count). The monoisotopic (exact) mass is 358 g/mol. The fourth-order valence-corrected chi connectivity index (χ4v) is 3.36. The summed E-state index contributed by atoms with van der Waals surface area (Å²) in [5, 5.41) is 0. The van der Waals surface area contributed by atoms with Gasteiger partial charge in [0.25, 0.3) is 10.0 Å². The van der Waals surface area contributed by atoms with Crippen LogP contribution >= 0.6 is 0 Å². The molecule has 1 aliphatic rings. The van der Waals surface area contributed by atoms with Crippen molar-refractivity contribution >= 4 is 27.4 Å². The molecular formula is C19H22N2O3S. The van der Waals surface area contributed by atoms with Crippen molar-refractivity contribution < 1.29 is 13.2 Å². The molecule has 0 spiro atoms. The van der Waals surface area contributed by atoms with Crippen LogP contribution in [0.2, 0.25) is 0 Å². The van der Waals surface area contributed by atoms with E-state index in [1.807, 2.05) is 20.8 Å². The number of aliphatic imine (C=N–C) groups is 1. The molecule has 0 aromatic heterocycles. The predicted molar refractivity (Wildman–Crippen MR) is 101 cm³/mol. The highest BCUT2D eigenvalue weighted by Crippen LogP contribution is 2.20. The summed E-state index contributed by atoms with van der Waals surface area (Å²) in [4.78, 5) is 16.4. The molecule has 132 valence electrons. The first-order chi connectivity index (χ1) is 11.6. The third kappa shape index (κ3) is 4.60. The Hall–Kier alpha value is -2.34. The molecule has 1 aromatic rings. The minimum absolute atomic E-state index is 0.0340. The smallest absolute Gasteiger partial charge is 0.283 e. The lowest BCUT2D eigenvalue weighted by molar-refractivity contribution is -0.111. The number of carbonyl (C=O) groups excluding carboxylic acids is 1. The van der Waals surface area contributed by atoms with Crippen LogP contribution in [0.3, 0.4) is 0 Å². The van der Waals surface area contributed by atoms with Crippen LogP contribution in [0.5, 0.6) is 0 Å². The van der Waals surface area contributed by atoms with Crippen molar-refractivity contribution in [3.05, 3.63) is 53.1 Å². The fraction of sp³-hybridized carbons (Fsp3) is 0.316. The summed E-state index contributed by atoms with van der Waals surface area (Å²) >= 11 is 0. The number of hydrogen-bond acceptors (Lipinski definition) is 3. The molecule has 0 saturated heterocycles. The zero-order chi connectivity index (χ0) is 18.8. The maximum Gasteiger partial charge on any atom is 0.283 e. The number of amidine groups is 1. The van der Waals surface area contributed by atoms with Crippen molar-refractivity contribution in [2.45, 2.75) is 39.5 Å². The fourth-order valence-electron chi connectivity index (χ4n) is 2.39. The van der Waals surface area contributed by atoms with E-state index in [0.717, 1.165) is 5.56 Å². The van der Waals surface area contributed by atoms with Gasteiger partial charge in [0.15, 0.2) is 5.78 Å². The summed E-state index contributed by atoms with van der Waals surface area (Å²) < 4.78 is 28.5. The normalized spacial score (nSPS) is 17.8. The minimum Gasteiger partial charge on any atom is -0.290 e. The molecule has 0 fully saturated rings. The lowest BCUT2D eigenvalue weighted by Gasteiger charge is -2.15. The van der Waals surface area contributed by atoms with Crippen molar-refractivity contribution in [3.8, 4) is 0 Å². The maximum absolute atomic E-state index is 12.4. The van der Waals surface area contributed by atoms with Crippen LogP contribution in [0.1, 0.15) is 33.3 Å². The standard InChI is InChI=1S/C19H22N2O3S/c1-12(2)17-11-18(14(4)10-19(17)22)20-15(5)21-25(23,24)16-8-6-13(3)7-9-16/h6-12H,1-5H3. The Labute approximate surface area is 149 Å².